The number of carbonyl (C=O) groups excluding carboxylic acids is 3. The van der Waals surface area contributed by atoms with Gasteiger partial charge >= 0.3 is 6.09 Å². The molecule has 2 aromatic rings. The fourth-order valence-electron chi connectivity index (χ4n) is 6.09. The van der Waals surface area contributed by atoms with Gasteiger partial charge in [-0.3, -0.25) is 9.59 Å². The number of hydrogen-bond acceptors (Lipinski definition) is 6. The standard InChI is InChI=1S/C30H31NO6/c1-3-19-16-23-27(29(34)31(28(23)33)30(35)36-2)24-17-37-25(26(19)24)14-11-21(20-7-5-4-6-8-20)15-18-9-12-22(32)13-10-18/h4-10,12-13,15,23-25,27,32H,3,11,14,16-17H2,1-2H3/b21-15-/t23-,24+,25-,27-/m1/s1. The molecule has 2 heterocycles. The predicted molar refractivity (Wildman–Crippen MR) is 138 cm³/mol. The lowest BCUT2D eigenvalue weighted by atomic mass is 9.69. The van der Waals surface area contributed by atoms with Crippen molar-refractivity contribution in [2.45, 2.75) is 38.7 Å². The Balaban J connectivity index is 1.40. The molecule has 192 valence electrons. The minimum Gasteiger partial charge on any atom is -0.508 e. The first-order chi connectivity index (χ1) is 17.9. The summed E-state index contributed by atoms with van der Waals surface area (Å²) in [6.07, 6.45) is 3.78. The molecule has 5 rings (SSSR count). The van der Waals surface area contributed by atoms with E-state index in [1.54, 1.807) is 12.1 Å². The van der Waals surface area contributed by atoms with Crippen LogP contribution in [0.2, 0.25) is 0 Å². The number of allylic oxidation sites excluding steroid dienone is 2. The SMILES string of the molecule is CCC1=C2[C@@H](CC/C(=C/c3ccc(O)cc3)c3ccccc3)OC[C@@H]2[C@@H]2C(=O)N(C(=O)OC)C(=O)[C@@H]2C1. The van der Waals surface area contributed by atoms with Crippen LogP contribution in [0.15, 0.2) is 65.7 Å². The van der Waals surface area contributed by atoms with Crippen LogP contribution in [-0.4, -0.2) is 47.7 Å². The van der Waals surface area contributed by atoms with Crippen LogP contribution in [0, 0.1) is 17.8 Å². The molecule has 0 saturated carbocycles. The third kappa shape index (κ3) is 4.60. The summed E-state index contributed by atoms with van der Waals surface area (Å²) in [6.45, 7) is 2.43. The number of carbonyl (C=O) groups is 3. The van der Waals surface area contributed by atoms with E-state index < -0.39 is 29.7 Å². The first kappa shape index (κ1) is 25.0. The molecular weight excluding hydrogens is 470 g/mol. The van der Waals surface area contributed by atoms with Crippen molar-refractivity contribution < 1.29 is 29.0 Å². The average molecular weight is 502 g/mol. The van der Waals surface area contributed by atoms with Gasteiger partial charge in [0.15, 0.2) is 0 Å². The molecule has 2 aromatic carbocycles. The summed E-state index contributed by atoms with van der Waals surface area (Å²) in [6, 6.07) is 17.3. The molecule has 0 unspecified atom stereocenters. The fourth-order valence-corrected chi connectivity index (χ4v) is 6.09. The monoisotopic (exact) mass is 501 g/mol. The molecule has 0 aromatic heterocycles. The number of ether oxygens (including phenoxy) is 2. The molecule has 7 heteroatoms. The lowest BCUT2D eigenvalue weighted by molar-refractivity contribution is -0.137. The largest absolute Gasteiger partial charge is 0.508 e. The van der Waals surface area contributed by atoms with Crippen molar-refractivity contribution in [3.05, 3.63) is 76.9 Å². The van der Waals surface area contributed by atoms with Crippen LogP contribution in [0.4, 0.5) is 4.79 Å². The Morgan fingerprint density at radius 1 is 1.08 bits per heavy atom. The highest BCUT2D eigenvalue weighted by Crippen LogP contribution is 2.50. The summed E-state index contributed by atoms with van der Waals surface area (Å²) in [5, 5.41) is 9.66. The predicted octanol–water partition coefficient (Wildman–Crippen LogP) is 5.21. The summed E-state index contributed by atoms with van der Waals surface area (Å²) in [5.41, 5.74) is 5.55. The molecule has 7 nitrogen and oxygen atoms in total. The first-order valence-corrected chi connectivity index (χ1v) is 12.8. The number of methoxy groups -OCH3 is 1. The highest BCUT2D eigenvalue weighted by Gasteiger charge is 2.58. The number of fused-ring (bicyclic) bond motifs is 3. The van der Waals surface area contributed by atoms with Gasteiger partial charge in [-0.15, -0.1) is 0 Å². The zero-order chi connectivity index (χ0) is 26.1. The highest BCUT2D eigenvalue weighted by atomic mass is 16.5. The summed E-state index contributed by atoms with van der Waals surface area (Å²) in [4.78, 5) is 39.0. The van der Waals surface area contributed by atoms with E-state index in [1.807, 2.05) is 30.3 Å². The Kier molecular flexibility index (Phi) is 6.98. The van der Waals surface area contributed by atoms with E-state index in [2.05, 4.69) is 25.1 Å². The van der Waals surface area contributed by atoms with Gasteiger partial charge in [0.25, 0.3) is 0 Å². The summed E-state index contributed by atoms with van der Waals surface area (Å²) in [7, 11) is 1.18. The van der Waals surface area contributed by atoms with Gasteiger partial charge in [0.05, 0.1) is 31.7 Å². The topological polar surface area (TPSA) is 93.1 Å². The Morgan fingerprint density at radius 2 is 1.81 bits per heavy atom. The van der Waals surface area contributed by atoms with Crippen LogP contribution in [-0.2, 0) is 19.1 Å². The molecule has 4 atom stereocenters. The molecule has 0 spiro atoms. The number of rotatable bonds is 6. The second-order valence-electron chi connectivity index (χ2n) is 9.83. The van der Waals surface area contributed by atoms with Crippen molar-refractivity contribution in [2.24, 2.45) is 17.8 Å². The lowest BCUT2D eigenvalue weighted by Gasteiger charge is -2.31. The second-order valence-corrected chi connectivity index (χ2v) is 9.83. The van der Waals surface area contributed by atoms with Crippen LogP contribution in [0.1, 0.15) is 43.7 Å². The number of amides is 3. The first-order valence-electron chi connectivity index (χ1n) is 12.8. The number of imide groups is 3. The van der Waals surface area contributed by atoms with Crippen LogP contribution in [0.25, 0.3) is 11.6 Å². The van der Waals surface area contributed by atoms with Crippen molar-refractivity contribution in [3.63, 3.8) is 0 Å². The number of likely N-dealkylation sites (tertiary alicyclic amines) is 1. The number of benzene rings is 2. The molecule has 3 amide bonds. The van der Waals surface area contributed by atoms with E-state index in [9.17, 15) is 19.5 Å². The zero-order valence-electron chi connectivity index (χ0n) is 21.1. The van der Waals surface area contributed by atoms with Gasteiger partial charge in [-0.25, -0.2) is 4.79 Å². The van der Waals surface area contributed by atoms with Gasteiger partial charge in [-0.2, -0.15) is 4.90 Å². The normalized spacial score (nSPS) is 25.4. The van der Waals surface area contributed by atoms with Crippen LogP contribution in [0.5, 0.6) is 5.75 Å². The summed E-state index contributed by atoms with van der Waals surface area (Å²) in [5.74, 6) is -2.02. The minimum atomic E-state index is -0.911. The molecule has 1 N–H and O–H groups in total. The molecule has 0 bridgehead atoms. The van der Waals surface area contributed by atoms with Gasteiger partial charge in [0.1, 0.15) is 5.75 Å². The Hall–Kier alpha value is -3.71. The van der Waals surface area contributed by atoms with Gasteiger partial charge in [-0.1, -0.05) is 61.0 Å². The molecule has 1 aliphatic carbocycles. The summed E-state index contributed by atoms with van der Waals surface area (Å²) >= 11 is 0. The molecule has 0 radical (unpaired) electrons. The second kappa shape index (κ2) is 10.3. The Bertz CT molecular complexity index is 1260. The maximum absolute atomic E-state index is 13.2. The smallest absolute Gasteiger partial charge is 0.423 e. The van der Waals surface area contributed by atoms with Crippen molar-refractivity contribution >= 4 is 29.6 Å². The van der Waals surface area contributed by atoms with Crippen LogP contribution >= 0.6 is 0 Å². The molecule has 2 aliphatic heterocycles. The van der Waals surface area contributed by atoms with Crippen molar-refractivity contribution in [3.8, 4) is 5.75 Å². The zero-order valence-corrected chi connectivity index (χ0v) is 21.1. The van der Waals surface area contributed by atoms with E-state index in [4.69, 9.17) is 9.47 Å². The average Bonchev–Trinajstić information content (AvgIpc) is 3.45. The van der Waals surface area contributed by atoms with Crippen LogP contribution in [0.3, 0.4) is 0 Å². The number of phenols is 1. The Labute approximate surface area is 216 Å². The maximum atomic E-state index is 13.2. The molecule has 37 heavy (non-hydrogen) atoms. The van der Waals surface area contributed by atoms with E-state index in [1.165, 1.54) is 7.11 Å². The highest BCUT2D eigenvalue weighted by molar-refractivity contribution is 6.16. The molecular formula is C30H31NO6. The Morgan fingerprint density at radius 3 is 2.49 bits per heavy atom. The van der Waals surface area contributed by atoms with Gasteiger partial charge in [0, 0.05) is 5.92 Å². The summed E-state index contributed by atoms with van der Waals surface area (Å²) < 4.78 is 11.0. The number of nitrogens with zero attached hydrogens (tertiary/aromatic N) is 1. The van der Waals surface area contributed by atoms with E-state index in [0.717, 1.165) is 47.1 Å². The van der Waals surface area contributed by atoms with Crippen molar-refractivity contribution in [1.82, 2.24) is 4.90 Å². The van der Waals surface area contributed by atoms with E-state index >= 15 is 0 Å². The van der Waals surface area contributed by atoms with Crippen molar-refractivity contribution in [2.75, 3.05) is 13.7 Å². The molecule has 2 saturated heterocycles. The third-order valence-electron chi connectivity index (χ3n) is 7.85. The number of hydrogen-bond donors (Lipinski definition) is 1. The maximum Gasteiger partial charge on any atom is 0.423 e. The number of aromatic hydroxyl groups is 1. The number of phenolic OH excluding ortho intramolecular Hbond substituents is 1. The molecule has 3 aliphatic rings. The minimum absolute atomic E-state index is 0.150. The van der Waals surface area contributed by atoms with Crippen LogP contribution < -0.4 is 0 Å². The van der Waals surface area contributed by atoms with Gasteiger partial charge < -0.3 is 14.6 Å². The third-order valence-corrected chi connectivity index (χ3v) is 7.85. The fraction of sp³-hybridized carbons (Fsp3) is 0.367. The lowest BCUT2D eigenvalue weighted by Crippen LogP contribution is -2.38. The van der Waals surface area contributed by atoms with E-state index in [0.29, 0.717) is 17.9 Å². The van der Waals surface area contributed by atoms with E-state index in [-0.39, 0.29) is 17.8 Å². The quantitative estimate of drug-likeness (QED) is 0.332. The molecule has 2 fully saturated rings. The van der Waals surface area contributed by atoms with Crippen molar-refractivity contribution in [1.29, 1.82) is 0 Å². The van der Waals surface area contributed by atoms with Gasteiger partial charge in [0.2, 0.25) is 11.8 Å². The van der Waals surface area contributed by atoms with Gasteiger partial charge in [-0.05, 0) is 60.1 Å².